The molecule has 0 amide bonds. The summed E-state index contributed by atoms with van der Waals surface area (Å²) in [7, 11) is 2.52. The van der Waals surface area contributed by atoms with E-state index in [0.29, 0.717) is 0 Å². The molecule has 0 bridgehead atoms. The van der Waals surface area contributed by atoms with Crippen molar-refractivity contribution in [3.63, 3.8) is 0 Å². The van der Waals surface area contributed by atoms with Crippen molar-refractivity contribution in [3.05, 3.63) is 0 Å². The molecule has 1 atom stereocenters. The Morgan fingerprint density at radius 2 is 2.00 bits per heavy atom. The molecule has 1 saturated heterocycles. The first-order valence-corrected chi connectivity index (χ1v) is 3.80. The van der Waals surface area contributed by atoms with Gasteiger partial charge in [0.05, 0.1) is 5.16 Å². The van der Waals surface area contributed by atoms with Crippen LogP contribution in [-0.4, -0.2) is 24.5 Å². The second-order valence-corrected chi connectivity index (χ2v) is 3.10. The highest BCUT2D eigenvalue weighted by Gasteiger charge is 2.30. The molecule has 0 spiro atoms. The van der Waals surface area contributed by atoms with Gasteiger partial charge in [0, 0.05) is 13.1 Å². The Kier molecular flexibility index (Phi) is 4.00. The molecule has 2 nitrogen and oxygen atoms in total. The lowest BCUT2D eigenvalue weighted by Crippen LogP contribution is -2.55. The molecule has 1 aliphatic rings. The molecule has 0 saturated carbocycles. The quantitative estimate of drug-likeness (QED) is 0.430. The summed E-state index contributed by atoms with van der Waals surface area (Å²) >= 11 is 0. The van der Waals surface area contributed by atoms with Crippen LogP contribution in [0.5, 0.6) is 0 Å². The Balaban J connectivity index is 0.000000291. The minimum atomic E-state index is -0.111. The van der Waals surface area contributed by atoms with Crippen molar-refractivity contribution in [2.45, 2.75) is 19.0 Å². The molecule has 0 aromatic carbocycles. The summed E-state index contributed by atoms with van der Waals surface area (Å²) in [5, 5.41) is 2.89. The zero-order valence-corrected chi connectivity index (χ0v) is 7.13. The lowest BCUT2D eigenvalue weighted by atomic mass is 10.1. The van der Waals surface area contributed by atoms with Crippen molar-refractivity contribution in [1.29, 1.82) is 0 Å². The molecule has 1 unspecified atom stereocenters. The fourth-order valence-electron chi connectivity index (χ4n) is 0.497. The van der Waals surface area contributed by atoms with Crippen LogP contribution in [0.25, 0.3) is 0 Å². The first kappa shape index (κ1) is 9.06. The summed E-state index contributed by atoms with van der Waals surface area (Å²) in [5.41, 5.74) is 0. The van der Waals surface area contributed by atoms with Gasteiger partial charge in [0.1, 0.15) is 6.29 Å². The molecule has 3 heteroatoms. The Morgan fingerprint density at radius 3 is 2.00 bits per heavy atom. The van der Waals surface area contributed by atoms with E-state index in [4.69, 9.17) is 0 Å². The Labute approximate surface area is 58.6 Å². The number of hydrogen-bond acceptors (Lipinski definition) is 2. The van der Waals surface area contributed by atoms with Gasteiger partial charge in [-0.2, -0.15) is 0 Å². The van der Waals surface area contributed by atoms with Crippen molar-refractivity contribution >= 4 is 15.5 Å². The number of rotatable bonds is 1. The van der Waals surface area contributed by atoms with Crippen molar-refractivity contribution in [3.8, 4) is 0 Å². The lowest BCUT2D eigenvalue weighted by molar-refractivity contribution is -0.110. The van der Waals surface area contributed by atoms with Gasteiger partial charge in [-0.15, -0.1) is 9.24 Å². The summed E-state index contributed by atoms with van der Waals surface area (Å²) < 4.78 is 0. The van der Waals surface area contributed by atoms with E-state index < -0.39 is 0 Å². The maximum atomic E-state index is 10.0. The average Bonchev–Trinajstić information content (AvgIpc) is 1.88. The van der Waals surface area contributed by atoms with Crippen LogP contribution >= 0.6 is 9.24 Å². The molecule has 1 rings (SSSR count). The number of hydrogen-bond donors (Lipinski definition) is 1. The van der Waals surface area contributed by atoms with E-state index in [9.17, 15) is 4.79 Å². The highest BCUT2D eigenvalue weighted by molar-refractivity contribution is 7.21. The molecule has 54 valence electrons. The van der Waals surface area contributed by atoms with E-state index in [0.717, 1.165) is 19.4 Å². The van der Waals surface area contributed by atoms with Gasteiger partial charge < -0.3 is 10.1 Å². The van der Waals surface area contributed by atoms with Gasteiger partial charge in [-0.1, -0.05) is 13.8 Å². The summed E-state index contributed by atoms with van der Waals surface area (Å²) in [4.78, 5) is 10.0. The summed E-state index contributed by atoms with van der Waals surface area (Å²) in [6, 6.07) is 0. The average molecular weight is 147 g/mol. The predicted octanol–water partition coefficient (Wildman–Crippen LogP) is 0.429. The maximum absolute atomic E-state index is 10.0. The summed E-state index contributed by atoms with van der Waals surface area (Å²) in [6.07, 6.45) is 0.980. The fraction of sp³-hybridized carbons (Fsp3) is 0.833. The molecule has 1 heterocycles. The molecule has 1 N–H and O–H groups in total. The van der Waals surface area contributed by atoms with E-state index in [-0.39, 0.29) is 5.16 Å². The van der Waals surface area contributed by atoms with Gasteiger partial charge in [-0.3, -0.25) is 0 Å². The minimum absolute atomic E-state index is 0.111. The summed E-state index contributed by atoms with van der Waals surface area (Å²) in [5.74, 6) is 0. The Morgan fingerprint density at radius 1 is 1.56 bits per heavy atom. The molecule has 1 aliphatic heterocycles. The van der Waals surface area contributed by atoms with Crippen LogP contribution in [0.3, 0.4) is 0 Å². The highest BCUT2D eigenvalue weighted by atomic mass is 31.0. The third-order valence-corrected chi connectivity index (χ3v) is 1.69. The van der Waals surface area contributed by atoms with Crippen LogP contribution in [-0.2, 0) is 4.79 Å². The molecule has 0 aromatic rings. The molecule has 0 radical (unpaired) electrons. The van der Waals surface area contributed by atoms with Gasteiger partial charge in [0.25, 0.3) is 0 Å². The standard InChI is InChI=1S/C4H8NOP.C2H6/c6-3-4(7)1-5-2-4;1-2/h3,5H,1-2,7H2;1-2H3. The third-order valence-electron chi connectivity index (χ3n) is 1.14. The van der Waals surface area contributed by atoms with Crippen molar-refractivity contribution in [2.24, 2.45) is 0 Å². The largest absolute Gasteiger partial charge is 0.314 e. The second-order valence-electron chi connectivity index (χ2n) is 1.95. The van der Waals surface area contributed by atoms with Crippen LogP contribution in [0, 0.1) is 0 Å². The van der Waals surface area contributed by atoms with Crippen LogP contribution in [0.2, 0.25) is 0 Å². The van der Waals surface area contributed by atoms with E-state index in [1.807, 2.05) is 13.8 Å². The predicted molar refractivity (Wildman–Crippen MR) is 42.7 cm³/mol. The minimum Gasteiger partial charge on any atom is -0.314 e. The van der Waals surface area contributed by atoms with E-state index in [2.05, 4.69) is 14.6 Å². The zero-order valence-electron chi connectivity index (χ0n) is 5.98. The Bertz CT molecular complexity index is 91.1. The zero-order chi connectivity index (χ0) is 7.33. The third kappa shape index (κ3) is 2.42. The first-order chi connectivity index (χ1) is 4.27. The molecule has 9 heavy (non-hydrogen) atoms. The van der Waals surface area contributed by atoms with Crippen LogP contribution in [0.15, 0.2) is 0 Å². The summed E-state index contributed by atoms with van der Waals surface area (Å²) in [6.45, 7) is 5.64. The number of carbonyl (C=O) groups excluding carboxylic acids is 1. The van der Waals surface area contributed by atoms with Crippen molar-refractivity contribution in [1.82, 2.24) is 5.32 Å². The van der Waals surface area contributed by atoms with E-state index >= 15 is 0 Å². The number of nitrogens with one attached hydrogen (secondary N) is 1. The van der Waals surface area contributed by atoms with Crippen molar-refractivity contribution in [2.75, 3.05) is 13.1 Å². The molecule has 1 fully saturated rings. The fourth-order valence-corrected chi connectivity index (χ4v) is 0.786. The Hall–Kier alpha value is 0.0600. The monoisotopic (exact) mass is 147 g/mol. The van der Waals surface area contributed by atoms with Crippen molar-refractivity contribution < 1.29 is 4.79 Å². The lowest BCUT2D eigenvalue weighted by Gasteiger charge is -2.33. The van der Waals surface area contributed by atoms with Gasteiger partial charge >= 0.3 is 0 Å². The van der Waals surface area contributed by atoms with Gasteiger partial charge in [0.2, 0.25) is 0 Å². The number of aldehydes is 1. The maximum Gasteiger partial charge on any atom is 0.132 e. The van der Waals surface area contributed by atoms with Gasteiger partial charge in [-0.25, -0.2) is 0 Å². The highest BCUT2D eigenvalue weighted by Crippen LogP contribution is 2.18. The van der Waals surface area contributed by atoms with Crippen LogP contribution < -0.4 is 5.32 Å². The molecule has 0 aromatic heterocycles. The van der Waals surface area contributed by atoms with E-state index in [1.54, 1.807) is 0 Å². The van der Waals surface area contributed by atoms with Gasteiger partial charge in [-0.05, 0) is 0 Å². The topological polar surface area (TPSA) is 29.1 Å². The second kappa shape index (κ2) is 3.97. The van der Waals surface area contributed by atoms with Crippen LogP contribution in [0.1, 0.15) is 13.8 Å². The SMILES string of the molecule is CC.O=CC1(P)CNC1. The first-order valence-electron chi connectivity index (χ1n) is 3.23. The normalized spacial score (nSPS) is 20.8. The molecule has 0 aliphatic carbocycles. The van der Waals surface area contributed by atoms with E-state index in [1.165, 1.54) is 0 Å². The molecular formula is C6H14NOP. The molecular weight excluding hydrogens is 133 g/mol. The van der Waals surface area contributed by atoms with Gasteiger partial charge in [0.15, 0.2) is 0 Å². The smallest absolute Gasteiger partial charge is 0.132 e. The van der Waals surface area contributed by atoms with Crippen LogP contribution in [0.4, 0.5) is 0 Å². The number of carbonyl (C=O) groups is 1.